The predicted octanol–water partition coefficient (Wildman–Crippen LogP) is -0.212. The number of carboxylic acids is 1. The Morgan fingerprint density at radius 3 is 2.74 bits per heavy atom. The molecule has 1 aliphatic rings. The van der Waals surface area contributed by atoms with Crippen molar-refractivity contribution in [3.05, 3.63) is 29.6 Å². The fourth-order valence-electron chi connectivity index (χ4n) is 1.80. The Kier molecular flexibility index (Phi) is 3.74. The zero-order chi connectivity index (χ0) is 13.8. The molecular weight excluding hydrogens is 250 g/mol. The lowest BCUT2D eigenvalue weighted by Crippen LogP contribution is -2.47. The van der Waals surface area contributed by atoms with Crippen LogP contribution in [0.25, 0.3) is 0 Å². The van der Waals surface area contributed by atoms with Crippen molar-refractivity contribution in [2.45, 2.75) is 18.9 Å². The highest BCUT2D eigenvalue weighted by Crippen LogP contribution is 2.05. The summed E-state index contributed by atoms with van der Waals surface area (Å²) in [5, 5.41) is 14.2. The molecule has 1 aromatic heterocycles. The molecular formula is C12H13N3O4. The molecule has 2 heterocycles. The Balaban J connectivity index is 2.01. The molecule has 0 aromatic carbocycles. The van der Waals surface area contributed by atoms with E-state index < -0.39 is 11.9 Å². The monoisotopic (exact) mass is 263 g/mol. The third kappa shape index (κ3) is 3.27. The van der Waals surface area contributed by atoms with Gasteiger partial charge in [-0.3, -0.25) is 9.59 Å². The molecule has 2 amide bonds. The number of piperidine rings is 1. The van der Waals surface area contributed by atoms with Gasteiger partial charge in [0, 0.05) is 19.0 Å². The number of rotatable bonds is 3. The van der Waals surface area contributed by atoms with Gasteiger partial charge < -0.3 is 15.7 Å². The lowest BCUT2D eigenvalue weighted by Gasteiger charge is -2.23. The number of hydrogen-bond donors (Lipinski definition) is 3. The second kappa shape index (κ2) is 5.47. The minimum atomic E-state index is -1.18. The van der Waals surface area contributed by atoms with Crippen molar-refractivity contribution >= 4 is 17.8 Å². The van der Waals surface area contributed by atoms with Crippen LogP contribution in [0, 0.1) is 0 Å². The van der Waals surface area contributed by atoms with E-state index in [0.717, 1.165) is 0 Å². The molecule has 2 rings (SSSR count). The summed E-state index contributed by atoms with van der Waals surface area (Å²) in [4.78, 5) is 37.4. The Morgan fingerprint density at radius 2 is 2.11 bits per heavy atom. The normalized spacial score (nSPS) is 18.5. The predicted molar refractivity (Wildman–Crippen MR) is 64.7 cm³/mol. The first kappa shape index (κ1) is 13.0. The molecule has 0 radical (unpaired) electrons. The van der Waals surface area contributed by atoms with Gasteiger partial charge in [-0.05, 0) is 18.6 Å². The first-order valence-electron chi connectivity index (χ1n) is 5.84. The summed E-state index contributed by atoms with van der Waals surface area (Å²) >= 11 is 0. The number of hydrogen-bond acceptors (Lipinski definition) is 4. The van der Waals surface area contributed by atoms with Crippen LogP contribution in [0.3, 0.4) is 0 Å². The molecule has 100 valence electrons. The maximum Gasteiger partial charge on any atom is 0.354 e. The number of carbonyl (C=O) groups excluding carboxylic acids is 2. The van der Waals surface area contributed by atoms with Gasteiger partial charge in [-0.1, -0.05) is 6.07 Å². The van der Waals surface area contributed by atoms with Crippen molar-refractivity contribution in [2.75, 3.05) is 6.54 Å². The van der Waals surface area contributed by atoms with Crippen LogP contribution in [0.2, 0.25) is 0 Å². The number of carbonyl (C=O) groups is 3. The van der Waals surface area contributed by atoms with Crippen LogP contribution >= 0.6 is 0 Å². The molecule has 3 N–H and O–H groups in total. The highest BCUT2D eigenvalue weighted by atomic mass is 16.4. The number of amides is 2. The lowest BCUT2D eigenvalue weighted by molar-refractivity contribution is -0.122. The zero-order valence-electron chi connectivity index (χ0n) is 10.0. The highest BCUT2D eigenvalue weighted by Gasteiger charge is 2.21. The molecule has 19 heavy (non-hydrogen) atoms. The Morgan fingerprint density at radius 1 is 1.37 bits per heavy atom. The molecule has 1 fully saturated rings. The maximum absolute atomic E-state index is 11.9. The quantitative estimate of drug-likeness (QED) is 0.699. The highest BCUT2D eigenvalue weighted by molar-refractivity contribution is 5.94. The molecule has 1 unspecified atom stereocenters. The molecule has 1 aromatic rings. The van der Waals surface area contributed by atoms with Gasteiger partial charge in [-0.15, -0.1) is 0 Å². The molecule has 0 spiro atoms. The van der Waals surface area contributed by atoms with Crippen LogP contribution in [0.5, 0.6) is 0 Å². The average Bonchev–Trinajstić information content (AvgIpc) is 2.41. The number of aromatic carboxylic acids is 1. The van der Waals surface area contributed by atoms with Gasteiger partial charge in [0.2, 0.25) is 5.91 Å². The first-order valence-corrected chi connectivity index (χ1v) is 5.84. The molecule has 0 saturated carbocycles. The van der Waals surface area contributed by atoms with Gasteiger partial charge in [0.25, 0.3) is 5.91 Å². The summed E-state index contributed by atoms with van der Waals surface area (Å²) in [6, 6.07) is 4.08. The van der Waals surface area contributed by atoms with Gasteiger partial charge >= 0.3 is 5.97 Å². The second-order valence-electron chi connectivity index (χ2n) is 4.23. The van der Waals surface area contributed by atoms with Crippen molar-refractivity contribution in [2.24, 2.45) is 0 Å². The van der Waals surface area contributed by atoms with Gasteiger partial charge in [0.15, 0.2) is 0 Å². The van der Waals surface area contributed by atoms with Crippen LogP contribution in [0.1, 0.15) is 33.8 Å². The van der Waals surface area contributed by atoms with E-state index in [2.05, 4.69) is 15.6 Å². The topological polar surface area (TPSA) is 108 Å². The first-order chi connectivity index (χ1) is 9.06. The van der Waals surface area contributed by atoms with E-state index in [9.17, 15) is 14.4 Å². The fourth-order valence-corrected chi connectivity index (χ4v) is 1.80. The number of nitrogens with zero attached hydrogens (tertiary/aromatic N) is 1. The molecule has 0 bridgehead atoms. The summed E-state index contributed by atoms with van der Waals surface area (Å²) < 4.78 is 0. The number of carboxylic acid groups (broad SMARTS) is 1. The van der Waals surface area contributed by atoms with E-state index in [4.69, 9.17) is 5.11 Å². The van der Waals surface area contributed by atoms with Crippen LogP contribution < -0.4 is 10.6 Å². The van der Waals surface area contributed by atoms with Gasteiger partial charge in [0.1, 0.15) is 11.4 Å². The molecule has 1 saturated heterocycles. The zero-order valence-corrected chi connectivity index (χ0v) is 10.0. The molecule has 1 aliphatic heterocycles. The second-order valence-corrected chi connectivity index (χ2v) is 4.23. The van der Waals surface area contributed by atoms with Crippen molar-refractivity contribution < 1.29 is 19.5 Å². The van der Waals surface area contributed by atoms with Crippen LogP contribution in [-0.2, 0) is 4.79 Å². The standard InChI is InChI=1S/C12H13N3O4/c16-10-5-4-7(6-13-10)14-11(17)8-2-1-3-9(15-8)12(18)19/h1-3,7H,4-6H2,(H,13,16)(H,14,17)(H,18,19). The van der Waals surface area contributed by atoms with E-state index in [0.29, 0.717) is 19.4 Å². The van der Waals surface area contributed by atoms with Crippen LogP contribution in [-0.4, -0.2) is 40.5 Å². The van der Waals surface area contributed by atoms with E-state index in [1.165, 1.54) is 18.2 Å². The van der Waals surface area contributed by atoms with Crippen molar-refractivity contribution in [3.63, 3.8) is 0 Å². The SMILES string of the molecule is O=C1CCC(NC(=O)c2cccc(C(=O)O)n2)CN1. The molecule has 0 aliphatic carbocycles. The lowest BCUT2D eigenvalue weighted by atomic mass is 10.1. The minimum absolute atomic E-state index is 0.0310. The fraction of sp³-hybridized carbons (Fsp3) is 0.333. The molecule has 7 heteroatoms. The van der Waals surface area contributed by atoms with Crippen LogP contribution in [0.4, 0.5) is 0 Å². The van der Waals surface area contributed by atoms with E-state index in [1.54, 1.807) is 0 Å². The third-order valence-corrected chi connectivity index (χ3v) is 2.80. The Labute approximate surface area is 109 Å². The van der Waals surface area contributed by atoms with E-state index >= 15 is 0 Å². The van der Waals surface area contributed by atoms with Crippen molar-refractivity contribution in [1.82, 2.24) is 15.6 Å². The largest absolute Gasteiger partial charge is 0.477 e. The average molecular weight is 263 g/mol. The Bertz CT molecular complexity index is 519. The van der Waals surface area contributed by atoms with Gasteiger partial charge in [-0.25, -0.2) is 9.78 Å². The summed E-state index contributed by atoms with van der Waals surface area (Å²) in [7, 11) is 0. The number of aromatic nitrogens is 1. The van der Waals surface area contributed by atoms with Crippen molar-refractivity contribution in [1.29, 1.82) is 0 Å². The summed E-state index contributed by atoms with van der Waals surface area (Å²) in [5.41, 5.74) is -0.124. The smallest absolute Gasteiger partial charge is 0.354 e. The number of pyridine rings is 1. The summed E-state index contributed by atoms with van der Waals surface area (Å²) in [6.45, 7) is 0.378. The van der Waals surface area contributed by atoms with E-state index in [-0.39, 0.29) is 23.3 Å². The van der Waals surface area contributed by atoms with E-state index in [1.807, 2.05) is 0 Å². The Hall–Kier alpha value is -2.44. The molecule has 1 atom stereocenters. The maximum atomic E-state index is 11.9. The third-order valence-electron chi connectivity index (χ3n) is 2.80. The molecule has 7 nitrogen and oxygen atoms in total. The van der Waals surface area contributed by atoms with Crippen LogP contribution in [0.15, 0.2) is 18.2 Å². The summed E-state index contributed by atoms with van der Waals surface area (Å²) in [5.74, 6) is -1.65. The summed E-state index contributed by atoms with van der Waals surface area (Å²) in [6.07, 6.45) is 0.934. The minimum Gasteiger partial charge on any atom is -0.477 e. The van der Waals surface area contributed by atoms with Gasteiger partial charge in [0.05, 0.1) is 0 Å². The number of nitrogens with one attached hydrogen (secondary N) is 2. The van der Waals surface area contributed by atoms with Crippen molar-refractivity contribution in [3.8, 4) is 0 Å². The van der Waals surface area contributed by atoms with Gasteiger partial charge in [-0.2, -0.15) is 0 Å².